The third-order valence-electron chi connectivity index (χ3n) is 7.14. The van der Waals surface area contributed by atoms with Crippen molar-refractivity contribution in [2.75, 3.05) is 11.6 Å². The van der Waals surface area contributed by atoms with Crippen LogP contribution in [-0.4, -0.2) is 22.5 Å². The third kappa shape index (κ3) is 2.22. The molecule has 4 nitrogen and oxygen atoms in total. The highest BCUT2D eigenvalue weighted by Gasteiger charge is 2.73. The van der Waals surface area contributed by atoms with Crippen LogP contribution in [0.5, 0.6) is 0 Å². The van der Waals surface area contributed by atoms with Crippen LogP contribution in [0.15, 0.2) is 29.4 Å². The zero-order valence-corrected chi connectivity index (χ0v) is 17.3. The Bertz CT molecular complexity index is 779. The average Bonchev–Trinajstić information content (AvgIpc) is 3.13. The number of hydrazone groups is 1. The normalized spacial score (nSPS) is 34.4. The molecular formula is C20H25ClN2O2S. The Balaban J connectivity index is 1.81. The first-order valence-corrected chi connectivity index (χ1v) is 10.5. The number of ether oxygens (including phenoxy) is 1. The van der Waals surface area contributed by atoms with Crippen molar-refractivity contribution in [3.05, 3.63) is 29.3 Å². The highest BCUT2D eigenvalue weighted by Crippen LogP contribution is 2.75. The number of carbonyl (C=O) groups is 1. The summed E-state index contributed by atoms with van der Waals surface area (Å²) in [7, 11) is 0. The first kappa shape index (κ1) is 18.2. The summed E-state index contributed by atoms with van der Waals surface area (Å²) < 4.78 is 5.26. The summed E-state index contributed by atoms with van der Waals surface area (Å²) in [6.45, 7) is 9.31. The van der Waals surface area contributed by atoms with Crippen molar-refractivity contribution in [3.8, 4) is 0 Å². The highest BCUT2D eigenvalue weighted by molar-refractivity contribution is 8.17. The minimum Gasteiger partial charge on any atom is -0.461 e. The number of nitrogens with zero attached hydrogens (tertiary/aromatic N) is 2. The lowest BCUT2D eigenvalue weighted by molar-refractivity contribution is -0.134. The zero-order chi connectivity index (χ0) is 18.7. The third-order valence-corrected chi connectivity index (χ3v) is 8.96. The Hall–Kier alpha value is -1.20. The van der Waals surface area contributed by atoms with E-state index in [-0.39, 0.29) is 21.7 Å². The molecule has 0 amide bonds. The van der Waals surface area contributed by atoms with Gasteiger partial charge in [-0.25, -0.2) is 9.80 Å². The van der Waals surface area contributed by atoms with Crippen molar-refractivity contribution in [2.45, 2.75) is 51.8 Å². The molecule has 0 aromatic heterocycles. The van der Waals surface area contributed by atoms with Gasteiger partial charge in [0.25, 0.3) is 0 Å². The predicted octanol–water partition coefficient (Wildman–Crippen LogP) is 5.31. The van der Waals surface area contributed by atoms with Gasteiger partial charge in [-0.05, 0) is 61.8 Å². The number of anilines is 1. The monoisotopic (exact) mass is 392 g/mol. The van der Waals surface area contributed by atoms with Gasteiger partial charge in [0.2, 0.25) is 5.04 Å². The maximum absolute atomic E-state index is 12.5. The lowest BCUT2D eigenvalue weighted by Crippen LogP contribution is -2.53. The number of esters is 1. The molecule has 1 aliphatic heterocycles. The lowest BCUT2D eigenvalue weighted by Gasteiger charge is -2.49. The fraction of sp³-hybridized carbons (Fsp3) is 0.600. The first-order chi connectivity index (χ1) is 12.2. The maximum Gasteiger partial charge on any atom is 0.365 e. The second kappa shape index (κ2) is 5.90. The summed E-state index contributed by atoms with van der Waals surface area (Å²) in [5.41, 5.74) is 1.22. The Morgan fingerprint density at radius 1 is 1.35 bits per heavy atom. The summed E-state index contributed by atoms with van der Waals surface area (Å²) in [5.74, 6) is 0.309. The highest BCUT2D eigenvalue weighted by atomic mass is 35.5. The molecule has 3 unspecified atom stereocenters. The molecule has 26 heavy (non-hydrogen) atoms. The van der Waals surface area contributed by atoms with Gasteiger partial charge >= 0.3 is 5.97 Å². The van der Waals surface area contributed by atoms with Crippen LogP contribution < -0.4 is 5.01 Å². The largest absolute Gasteiger partial charge is 0.461 e. The standard InChI is InChI=1S/C20H25ClN2O2S/c1-5-25-17(24)16-22-23(15-8-6-14(21)7-9-15)20(26-16)12-13-10-11-19(20,4)18(13,2)3/h6-9,13H,5,10-12H2,1-4H3. The van der Waals surface area contributed by atoms with Gasteiger partial charge in [0.15, 0.2) is 0 Å². The fourth-order valence-electron chi connectivity index (χ4n) is 5.21. The summed E-state index contributed by atoms with van der Waals surface area (Å²) in [6, 6.07) is 7.75. The molecule has 2 aliphatic carbocycles. The number of rotatable bonds is 3. The van der Waals surface area contributed by atoms with Gasteiger partial charge in [-0.1, -0.05) is 44.1 Å². The van der Waals surface area contributed by atoms with Crippen molar-refractivity contribution in [2.24, 2.45) is 21.8 Å². The van der Waals surface area contributed by atoms with Crippen molar-refractivity contribution < 1.29 is 9.53 Å². The number of thioether (sulfide) groups is 1. The fourth-order valence-corrected chi connectivity index (χ4v) is 7.02. The van der Waals surface area contributed by atoms with Gasteiger partial charge < -0.3 is 4.74 Å². The molecule has 1 aromatic carbocycles. The zero-order valence-electron chi connectivity index (χ0n) is 15.7. The number of fused-ring (bicyclic) bond motifs is 3. The van der Waals surface area contributed by atoms with E-state index in [1.54, 1.807) is 11.8 Å². The van der Waals surface area contributed by atoms with Crippen LogP contribution in [0.2, 0.25) is 5.02 Å². The minimum absolute atomic E-state index is 0.0483. The van der Waals surface area contributed by atoms with E-state index >= 15 is 0 Å². The van der Waals surface area contributed by atoms with E-state index in [0.29, 0.717) is 22.6 Å². The Labute approximate surface area is 164 Å². The SMILES string of the molecule is CCOC(=O)C1=NN(c2ccc(Cl)cc2)C2(CC3CCC2(C)C3(C)C)S1. The van der Waals surface area contributed by atoms with Gasteiger partial charge in [-0.3, -0.25) is 0 Å². The molecule has 0 N–H and O–H groups in total. The number of carbonyl (C=O) groups excluding carboxylic acids is 1. The molecule has 3 aliphatic rings. The number of benzene rings is 1. The van der Waals surface area contributed by atoms with Crippen molar-refractivity contribution in [3.63, 3.8) is 0 Å². The Kier molecular flexibility index (Phi) is 4.12. The molecule has 3 atom stereocenters. The van der Waals surface area contributed by atoms with Crippen LogP contribution in [0, 0.1) is 16.7 Å². The minimum atomic E-state index is -0.322. The molecule has 0 radical (unpaired) electrons. The van der Waals surface area contributed by atoms with Crippen molar-refractivity contribution in [1.82, 2.24) is 0 Å². The molecule has 0 saturated heterocycles. The van der Waals surface area contributed by atoms with Crippen LogP contribution in [0.4, 0.5) is 5.69 Å². The van der Waals surface area contributed by atoms with Crippen LogP contribution in [0.25, 0.3) is 0 Å². The molecule has 6 heteroatoms. The second-order valence-electron chi connectivity index (χ2n) is 8.29. The Morgan fingerprint density at radius 2 is 2.04 bits per heavy atom. The van der Waals surface area contributed by atoms with Gasteiger partial charge in [-0.2, -0.15) is 5.10 Å². The first-order valence-electron chi connectivity index (χ1n) is 9.26. The number of halogens is 1. The molecular weight excluding hydrogens is 368 g/mol. The molecule has 1 heterocycles. The lowest BCUT2D eigenvalue weighted by atomic mass is 9.68. The quantitative estimate of drug-likeness (QED) is 0.653. The molecule has 4 rings (SSSR count). The second-order valence-corrected chi connectivity index (χ2v) is 10.00. The van der Waals surface area contributed by atoms with Gasteiger partial charge in [0.05, 0.1) is 12.3 Å². The van der Waals surface area contributed by atoms with Gasteiger partial charge in [-0.15, -0.1) is 0 Å². The van der Waals surface area contributed by atoms with Crippen molar-refractivity contribution >= 4 is 40.1 Å². The smallest absolute Gasteiger partial charge is 0.365 e. The number of hydrogen-bond acceptors (Lipinski definition) is 5. The Morgan fingerprint density at radius 3 is 2.58 bits per heavy atom. The molecule has 2 fully saturated rings. The van der Waals surface area contributed by atoms with E-state index in [2.05, 4.69) is 25.8 Å². The molecule has 2 saturated carbocycles. The van der Waals surface area contributed by atoms with E-state index in [4.69, 9.17) is 21.4 Å². The molecule has 140 valence electrons. The summed E-state index contributed by atoms with van der Waals surface area (Å²) in [4.78, 5) is 12.2. The topological polar surface area (TPSA) is 41.9 Å². The van der Waals surface area contributed by atoms with Crippen LogP contribution in [0.1, 0.15) is 47.0 Å². The maximum atomic E-state index is 12.5. The van der Waals surface area contributed by atoms with Crippen LogP contribution in [0.3, 0.4) is 0 Å². The molecule has 2 bridgehead atoms. The van der Waals surface area contributed by atoms with E-state index in [9.17, 15) is 4.79 Å². The van der Waals surface area contributed by atoms with E-state index < -0.39 is 0 Å². The average molecular weight is 393 g/mol. The van der Waals surface area contributed by atoms with E-state index in [1.165, 1.54) is 6.42 Å². The van der Waals surface area contributed by atoms with Gasteiger partial charge in [0, 0.05) is 10.4 Å². The summed E-state index contributed by atoms with van der Waals surface area (Å²) >= 11 is 7.70. The summed E-state index contributed by atoms with van der Waals surface area (Å²) in [6.07, 6.45) is 3.42. The number of hydrogen-bond donors (Lipinski definition) is 0. The van der Waals surface area contributed by atoms with Crippen LogP contribution in [-0.2, 0) is 9.53 Å². The van der Waals surface area contributed by atoms with Crippen LogP contribution >= 0.6 is 23.4 Å². The van der Waals surface area contributed by atoms with E-state index in [1.807, 2.05) is 31.2 Å². The predicted molar refractivity (Wildman–Crippen MR) is 108 cm³/mol. The molecule has 1 aromatic rings. The summed E-state index contributed by atoms with van der Waals surface area (Å²) in [5, 5.41) is 8.01. The van der Waals surface area contributed by atoms with E-state index in [0.717, 1.165) is 18.5 Å². The molecule has 1 spiro atoms. The van der Waals surface area contributed by atoms with Gasteiger partial charge in [0.1, 0.15) is 4.87 Å². The van der Waals surface area contributed by atoms with Crippen molar-refractivity contribution in [1.29, 1.82) is 0 Å².